The molecular weight excluding hydrogens is 410 g/mol. The highest BCUT2D eigenvalue weighted by molar-refractivity contribution is 8.05. The monoisotopic (exact) mass is 434 g/mol. The van der Waals surface area contributed by atoms with Crippen LogP contribution in [0.15, 0.2) is 70.2 Å². The van der Waals surface area contributed by atoms with E-state index in [1.54, 1.807) is 7.11 Å². The van der Waals surface area contributed by atoms with E-state index in [1.807, 2.05) is 49.4 Å². The summed E-state index contributed by atoms with van der Waals surface area (Å²) in [4.78, 5) is 17.9. The van der Waals surface area contributed by atoms with E-state index in [2.05, 4.69) is 16.9 Å². The minimum absolute atomic E-state index is 0.118. The van der Waals surface area contributed by atoms with E-state index < -0.39 is 12.0 Å². The van der Waals surface area contributed by atoms with Crippen molar-refractivity contribution in [1.82, 2.24) is 15.6 Å². The molecule has 1 N–H and O–H groups in total. The number of nitrogens with zero attached hydrogens (tertiary/aromatic N) is 3. The molecule has 6 nitrogen and oxygen atoms in total. The van der Waals surface area contributed by atoms with E-state index >= 15 is 0 Å². The maximum atomic E-state index is 12.7. The van der Waals surface area contributed by atoms with Gasteiger partial charge in [-0.15, -0.1) is 0 Å². The van der Waals surface area contributed by atoms with Gasteiger partial charge in [-0.05, 0) is 35.6 Å². The molecule has 1 aliphatic rings. The van der Waals surface area contributed by atoms with Crippen LogP contribution in [0.1, 0.15) is 11.1 Å². The number of ether oxygens (including phenoxy) is 1. The van der Waals surface area contributed by atoms with Crippen molar-refractivity contribution < 1.29 is 18.5 Å². The summed E-state index contributed by atoms with van der Waals surface area (Å²) in [6.45, 7) is 5.09. The fourth-order valence-electron chi connectivity index (χ4n) is 2.64. The lowest BCUT2D eigenvalue weighted by Gasteiger charge is -2.27. The molecule has 30 heavy (non-hydrogen) atoms. The van der Waals surface area contributed by atoms with Crippen molar-refractivity contribution in [2.24, 2.45) is 4.99 Å². The number of carbonyl (C=O) groups is 1. The Morgan fingerprint density at radius 3 is 2.83 bits per heavy atom. The summed E-state index contributed by atoms with van der Waals surface area (Å²) in [5.41, 5.74) is 2.22. The van der Waals surface area contributed by atoms with Crippen LogP contribution in [0.2, 0.25) is 0 Å². The average molecular weight is 435 g/mol. The number of hydrogen-bond acceptors (Lipinski definition) is 6. The summed E-state index contributed by atoms with van der Waals surface area (Å²) in [7, 11) is 1.60. The number of halogens is 2. The lowest BCUT2D eigenvalue weighted by molar-refractivity contribution is -0.168. The van der Waals surface area contributed by atoms with Crippen LogP contribution in [0.3, 0.4) is 0 Å². The average Bonchev–Trinajstić information content (AvgIpc) is 2.70. The Morgan fingerprint density at radius 1 is 1.37 bits per heavy atom. The molecule has 0 aromatic heterocycles. The molecule has 0 saturated heterocycles. The maximum Gasteiger partial charge on any atom is 0.228 e. The van der Waals surface area contributed by atoms with Crippen LogP contribution in [0.25, 0.3) is 0 Å². The van der Waals surface area contributed by atoms with Crippen molar-refractivity contribution in [3.05, 3.63) is 76.3 Å². The number of methoxy groups -OCH3 is 1. The van der Waals surface area contributed by atoms with E-state index in [1.165, 1.54) is 16.6 Å². The second kappa shape index (κ2) is 11.9. The molecule has 0 fully saturated rings. The summed E-state index contributed by atoms with van der Waals surface area (Å²) in [5, 5.41) is 3.82. The van der Waals surface area contributed by atoms with Gasteiger partial charge in [0.2, 0.25) is 5.91 Å². The van der Waals surface area contributed by atoms with Crippen molar-refractivity contribution in [3.63, 3.8) is 0 Å². The van der Waals surface area contributed by atoms with Crippen LogP contribution in [0.4, 0.5) is 8.96 Å². The van der Waals surface area contributed by atoms with E-state index in [-0.39, 0.29) is 18.9 Å². The number of nitrogens with one attached hydrogen (secondary N) is 1. The first-order valence-electron chi connectivity index (χ1n) is 9.07. The van der Waals surface area contributed by atoms with Gasteiger partial charge in [0.15, 0.2) is 0 Å². The molecule has 0 atom stereocenters. The normalized spacial score (nSPS) is 13.2. The van der Waals surface area contributed by atoms with Gasteiger partial charge >= 0.3 is 0 Å². The molecule has 1 heterocycles. The third kappa shape index (κ3) is 7.49. The van der Waals surface area contributed by atoms with Gasteiger partial charge in [-0.2, -0.15) is 0 Å². The fraction of sp³-hybridized carbons (Fsp3) is 0.238. The second-order valence-electron chi connectivity index (χ2n) is 6.28. The van der Waals surface area contributed by atoms with Crippen LogP contribution < -0.4 is 10.1 Å². The molecule has 0 spiro atoms. The highest BCUT2D eigenvalue weighted by atomic mass is 32.2. The minimum Gasteiger partial charge on any atom is -0.497 e. The quantitative estimate of drug-likeness (QED) is 0.622. The first kappa shape index (κ1) is 23.4. The van der Waals surface area contributed by atoms with E-state index in [9.17, 15) is 13.8 Å². The lowest BCUT2D eigenvalue weighted by Crippen LogP contribution is -2.36. The van der Waals surface area contributed by atoms with Gasteiger partial charge < -0.3 is 15.0 Å². The van der Waals surface area contributed by atoms with E-state index in [4.69, 9.17) is 4.74 Å². The first-order valence-corrected chi connectivity index (χ1v) is 9.95. The van der Waals surface area contributed by atoms with Crippen molar-refractivity contribution in [3.8, 4) is 5.75 Å². The van der Waals surface area contributed by atoms with Crippen LogP contribution >= 0.6 is 11.8 Å². The zero-order chi connectivity index (χ0) is 21.9. The summed E-state index contributed by atoms with van der Waals surface area (Å²) in [6.07, 6.45) is 1.44. The molecule has 1 aromatic carbocycles. The predicted octanol–water partition coefficient (Wildman–Crippen LogP) is 4.20. The summed E-state index contributed by atoms with van der Waals surface area (Å²) < 4.78 is 30.6. The highest BCUT2D eigenvalue weighted by Crippen LogP contribution is 2.26. The molecule has 9 heteroatoms. The van der Waals surface area contributed by atoms with Crippen LogP contribution in [-0.2, 0) is 11.2 Å². The van der Waals surface area contributed by atoms with Gasteiger partial charge in [0, 0.05) is 5.34 Å². The molecule has 0 bridgehead atoms. The molecule has 1 aliphatic heterocycles. The van der Waals surface area contributed by atoms with Gasteiger partial charge in [0.05, 0.1) is 32.1 Å². The molecule has 160 valence electrons. The number of carbonyl (C=O) groups excluding carboxylic acids is 1. The Kier molecular flexibility index (Phi) is 9.30. The van der Waals surface area contributed by atoms with Crippen molar-refractivity contribution >= 4 is 24.0 Å². The standard InChI is InChI=1S/C21H24F2N4O2S/c1-4-30-21-19(13-24-14-26(21)15-27(22)23)25-20(28)12-17-7-5-6-8-18(29-3)11-16(2)9-10-17/h4-11,14H,1,12-13,15H2,2-3H3,(H,25,28). The molecule has 0 unspecified atom stereocenters. The number of aliphatic imine (C=N–C) groups is 1. The van der Waals surface area contributed by atoms with Crippen LogP contribution in [0, 0.1) is 6.92 Å². The first-order chi connectivity index (χ1) is 14.4. The van der Waals surface area contributed by atoms with Crippen molar-refractivity contribution in [2.45, 2.75) is 13.3 Å². The third-order valence-corrected chi connectivity index (χ3v) is 4.82. The number of thioether (sulfide) groups is 1. The molecule has 1 amide bonds. The van der Waals surface area contributed by atoms with Gasteiger partial charge in [0.25, 0.3) is 0 Å². The predicted molar refractivity (Wildman–Crippen MR) is 116 cm³/mol. The number of aryl methyl sites for hydroxylation is 1. The molecular formula is C21H24F2N4O2S. The Morgan fingerprint density at radius 2 is 2.13 bits per heavy atom. The van der Waals surface area contributed by atoms with Crippen LogP contribution in [0.5, 0.6) is 5.75 Å². The Labute approximate surface area is 179 Å². The molecule has 1 aromatic rings. The largest absolute Gasteiger partial charge is 0.497 e. The van der Waals surface area contributed by atoms with Gasteiger partial charge in [-0.1, -0.05) is 57.6 Å². The maximum absolute atomic E-state index is 12.7. The van der Waals surface area contributed by atoms with Gasteiger partial charge in [-0.25, -0.2) is 0 Å². The highest BCUT2D eigenvalue weighted by Gasteiger charge is 2.21. The molecule has 0 radical (unpaired) electrons. The fourth-order valence-corrected chi connectivity index (χ4v) is 3.29. The Bertz CT molecular complexity index is 889. The van der Waals surface area contributed by atoms with Gasteiger partial charge in [-0.3, -0.25) is 9.79 Å². The van der Waals surface area contributed by atoms with Crippen molar-refractivity contribution in [1.29, 1.82) is 0 Å². The topological polar surface area (TPSA) is 57.2 Å². The van der Waals surface area contributed by atoms with E-state index in [0.717, 1.165) is 28.6 Å². The van der Waals surface area contributed by atoms with Gasteiger partial charge in [0.1, 0.15) is 17.4 Å². The number of amides is 1. The molecule has 2 rings (SSSR count). The SMILES string of the molecule is C=CSC1=C(NC(=O)Cc2ccccc(OC)cc(C)cc2)CN=CN1CN(F)F. The summed E-state index contributed by atoms with van der Waals surface area (Å²) >= 11 is 1.15. The Hall–Kier alpha value is -2.91. The molecule has 0 saturated carbocycles. The zero-order valence-electron chi connectivity index (χ0n) is 16.8. The second-order valence-corrected chi connectivity index (χ2v) is 7.24. The zero-order valence-corrected chi connectivity index (χ0v) is 17.7. The smallest absolute Gasteiger partial charge is 0.228 e. The Balaban J connectivity index is 2.21. The lowest BCUT2D eigenvalue weighted by atomic mass is 10.1. The number of rotatable bonds is 8. The number of hydrogen-bond donors (Lipinski definition) is 1. The van der Waals surface area contributed by atoms with Crippen molar-refractivity contribution in [2.75, 3.05) is 20.3 Å². The summed E-state index contributed by atoms with van der Waals surface area (Å²) in [5.74, 6) is 0.461. The third-order valence-electron chi connectivity index (χ3n) is 3.95. The summed E-state index contributed by atoms with van der Waals surface area (Å²) in [6, 6.07) is 13.0. The minimum atomic E-state index is -0.957. The van der Waals surface area contributed by atoms with E-state index in [0.29, 0.717) is 10.7 Å². The van der Waals surface area contributed by atoms with Crippen LogP contribution in [-0.4, -0.2) is 42.8 Å². The molecule has 0 aliphatic carbocycles.